The highest BCUT2D eigenvalue weighted by Crippen LogP contribution is 2.33. The molecule has 1 aliphatic heterocycles. The summed E-state index contributed by atoms with van der Waals surface area (Å²) in [4.78, 5) is 11.9. The van der Waals surface area contributed by atoms with Crippen LogP contribution in [0.5, 0.6) is 0 Å². The second-order valence-corrected chi connectivity index (χ2v) is 5.81. The summed E-state index contributed by atoms with van der Waals surface area (Å²) in [6, 6.07) is 3.88. The zero-order chi connectivity index (χ0) is 16.2. The van der Waals surface area contributed by atoms with Crippen LogP contribution in [-0.4, -0.2) is 19.0 Å². The van der Waals surface area contributed by atoms with Crippen LogP contribution in [0.4, 0.5) is 18.9 Å². The van der Waals surface area contributed by atoms with E-state index in [2.05, 4.69) is 10.6 Å². The molecule has 22 heavy (non-hydrogen) atoms. The highest BCUT2D eigenvalue weighted by atomic mass is 19.4. The van der Waals surface area contributed by atoms with Gasteiger partial charge in [-0.2, -0.15) is 13.2 Å². The van der Waals surface area contributed by atoms with E-state index in [4.69, 9.17) is 0 Å². The van der Waals surface area contributed by atoms with E-state index in [9.17, 15) is 18.0 Å². The fourth-order valence-electron chi connectivity index (χ4n) is 2.73. The summed E-state index contributed by atoms with van der Waals surface area (Å²) < 4.78 is 38.5. The molecule has 6 heteroatoms. The van der Waals surface area contributed by atoms with Crippen molar-refractivity contribution in [2.45, 2.75) is 38.8 Å². The first-order valence-corrected chi connectivity index (χ1v) is 7.54. The summed E-state index contributed by atoms with van der Waals surface area (Å²) in [5, 5.41) is 5.83. The molecule has 0 unspecified atom stereocenters. The van der Waals surface area contributed by atoms with Crippen LogP contribution < -0.4 is 10.6 Å². The van der Waals surface area contributed by atoms with E-state index in [1.165, 1.54) is 19.1 Å². The quantitative estimate of drug-likeness (QED) is 0.889. The summed E-state index contributed by atoms with van der Waals surface area (Å²) in [7, 11) is 0. The standard InChI is InChI=1S/C16H21F3N2O/c1-11-2-4-13(10-14(11)16(17,18)19)21-15(22)5-3-12-6-8-20-9-7-12/h2,4,10,12,20H,3,5-9H2,1H3,(H,21,22). The van der Waals surface area contributed by atoms with Gasteiger partial charge in [0, 0.05) is 12.1 Å². The number of hydrogen-bond donors (Lipinski definition) is 2. The number of rotatable bonds is 4. The van der Waals surface area contributed by atoms with Crippen molar-refractivity contribution in [3.05, 3.63) is 29.3 Å². The summed E-state index contributed by atoms with van der Waals surface area (Å²) in [5.74, 6) is 0.297. The lowest BCUT2D eigenvalue weighted by molar-refractivity contribution is -0.138. The van der Waals surface area contributed by atoms with Gasteiger partial charge >= 0.3 is 6.18 Å². The third-order valence-corrected chi connectivity index (χ3v) is 4.07. The van der Waals surface area contributed by atoms with Crippen molar-refractivity contribution in [2.24, 2.45) is 5.92 Å². The van der Waals surface area contributed by atoms with E-state index < -0.39 is 11.7 Å². The Balaban J connectivity index is 1.91. The van der Waals surface area contributed by atoms with Crippen LogP contribution in [0.2, 0.25) is 0 Å². The molecule has 1 saturated heterocycles. The van der Waals surface area contributed by atoms with Crippen molar-refractivity contribution >= 4 is 11.6 Å². The Hall–Kier alpha value is -1.56. The zero-order valence-electron chi connectivity index (χ0n) is 12.6. The molecule has 2 rings (SSSR count). The van der Waals surface area contributed by atoms with E-state index in [0.717, 1.165) is 38.4 Å². The lowest BCUT2D eigenvalue weighted by atomic mass is 9.93. The molecule has 0 aromatic heterocycles. The molecule has 1 aromatic carbocycles. The van der Waals surface area contributed by atoms with Gasteiger partial charge in [-0.25, -0.2) is 0 Å². The van der Waals surface area contributed by atoms with E-state index in [-0.39, 0.29) is 17.2 Å². The molecule has 122 valence electrons. The number of anilines is 1. The Bertz CT molecular complexity index is 523. The molecule has 0 radical (unpaired) electrons. The highest BCUT2D eigenvalue weighted by molar-refractivity contribution is 5.90. The molecule has 1 amide bonds. The maximum Gasteiger partial charge on any atom is 0.416 e. The number of hydrogen-bond acceptors (Lipinski definition) is 2. The van der Waals surface area contributed by atoms with Gasteiger partial charge in [-0.15, -0.1) is 0 Å². The van der Waals surface area contributed by atoms with Crippen LogP contribution in [0.3, 0.4) is 0 Å². The largest absolute Gasteiger partial charge is 0.416 e. The Morgan fingerprint density at radius 1 is 1.32 bits per heavy atom. The molecular weight excluding hydrogens is 293 g/mol. The smallest absolute Gasteiger partial charge is 0.326 e. The van der Waals surface area contributed by atoms with Gasteiger partial charge in [0.2, 0.25) is 5.91 Å². The van der Waals surface area contributed by atoms with Crippen molar-refractivity contribution < 1.29 is 18.0 Å². The van der Waals surface area contributed by atoms with Crippen molar-refractivity contribution in [1.29, 1.82) is 0 Å². The van der Waals surface area contributed by atoms with Crippen LogP contribution in [0.15, 0.2) is 18.2 Å². The molecule has 1 aliphatic rings. The number of carbonyl (C=O) groups excluding carboxylic acids is 1. The molecule has 1 fully saturated rings. The Kier molecular flexibility index (Phi) is 5.45. The first-order valence-electron chi connectivity index (χ1n) is 7.54. The van der Waals surface area contributed by atoms with Crippen molar-refractivity contribution in [3.8, 4) is 0 Å². The summed E-state index contributed by atoms with van der Waals surface area (Å²) in [6.07, 6.45) is -1.17. The molecule has 3 nitrogen and oxygen atoms in total. The third-order valence-electron chi connectivity index (χ3n) is 4.07. The van der Waals surface area contributed by atoms with Gasteiger partial charge < -0.3 is 10.6 Å². The summed E-state index contributed by atoms with van der Waals surface area (Å²) in [5.41, 5.74) is -0.350. The number of halogens is 3. The predicted molar refractivity (Wildman–Crippen MR) is 79.6 cm³/mol. The van der Waals surface area contributed by atoms with Gasteiger partial charge in [-0.3, -0.25) is 4.79 Å². The number of benzene rings is 1. The second-order valence-electron chi connectivity index (χ2n) is 5.81. The minimum atomic E-state index is -4.40. The number of amides is 1. The summed E-state index contributed by atoms with van der Waals surface area (Å²) >= 11 is 0. The maximum absolute atomic E-state index is 12.8. The minimum absolute atomic E-state index is 0.153. The van der Waals surface area contributed by atoms with Crippen LogP contribution in [-0.2, 0) is 11.0 Å². The first-order chi connectivity index (χ1) is 10.4. The molecule has 0 spiro atoms. The first kappa shape index (κ1) is 16.8. The number of aryl methyl sites for hydroxylation is 1. The molecule has 0 atom stereocenters. The molecule has 0 bridgehead atoms. The van der Waals surface area contributed by atoms with Crippen molar-refractivity contribution in [3.63, 3.8) is 0 Å². The maximum atomic E-state index is 12.8. The van der Waals surface area contributed by atoms with Crippen molar-refractivity contribution in [2.75, 3.05) is 18.4 Å². The molecule has 0 saturated carbocycles. The van der Waals surface area contributed by atoms with Crippen LogP contribution in [0, 0.1) is 12.8 Å². The van der Waals surface area contributed by atoms with Crippen LogP contribution in [0.1, 0.15) is 36.8 Å². The molecule has 1 heterocycles. The molecule has 2 N–H and O–H groups in total. The van der Waals surface area contributed by atoms with E-state index >= 15 is 0 Å². The monoisotopic (exact) mass is 314 g/mol. The highest BCUT2D eigenvalue weighted by Gasteiger charge is 2.32. The number of nitrogens with one attached hydrogen (secondary N) is 2. The van der Waals surface area contributed by atoms with Gasteiger partial charge in [-0.05, 0) is 62.9 Å². The lowest BCUT2D eigenvalue weighted by Gasteiger charge is -2.22. The normalized spacial score (nSPS) is 16.5. The Morgan fingerprint density at radius 3 is 2.64 bits per heavy atom. The topological polar surface area (TPSA) is 41.1 Å². The van der Waals surface area contributed by atoms with E-state index in [1.807, 2.05) is 0 Å². The average Bonchev–Trinajstić information content (AvgIpc) is 2.47. The van der Waals surface area contributed by atoms with Gasteiger partial charge in [0.05, 0.1) is 5.56 Å². The van der Waals surface area contributed by atoms with Gasteiger partial charge in [-0.1, -0.05) is 6.07 Å². The van der Waals surface area contributed by atoms with Crippen LogP contribution in [0.25, 0.3) is 0 Å². The number of alkyl halides is 3. The molecular formula is C16H21F3N2O. The van der Waals surface area contributed by atoms with Gasteiger partial charge in [0.1, 0.15) is 0 Å². The van der Waals surface area contributed by atoms with Gasteiger partial charge in [0.25, 0.3) is 0 Å². The molecule has 0 aliphatic carbocycles. The Labute approximate surface area is 128 Å². The van der Waals surface area contributed by atoms with Crippen molar-refractivity contribution in [1.82, 2.24) is 5.32 Å². The van der Waals surface area contributed by atoms with E-state index in [1.54, 1.807) is 0 Å². The van der Waals surface area contributed by atoms with E-state index in [0.29, 0.717) is 12.3 Å². The van der Waals surface area contributed by atoms with Crippen LogP contribution >= 0.6 is 0 Å². The SMILES string of the molecule is Cc1ccc(NC(=O)CCC2CCNCC2)cc1C(F)(F)F. The fraction of sp³-hybridized carbons (Fsp3) is 0.562. The lowest BCUT2D eigenvalue weighted by Crippen LogP contribution is -2.28. The zero-order valence-corrected chi connectivity index (χ0v) is 12.6. The Morgan fingerprint density at radius 2 is 2.00 bits per heavy atom. The average molecular weight is 314 g/mol. The predicted octanol–water partition coefficient (Wildman–Crippen LogP) is 3.73. The molecule has 1 aromatic rings. The third kappa shape index (κ3) is 4.73. The second kappa shape index (κ2) is 7.13. The number of carbonyl (C=O) groups is 1. The summed E-state index contributed by atoms with van der Waals surface area (Å²) in [6.45, 7) is 3.35. The number of piperidine rings is 1. The minimum Gasteiger partial charge on any atom is -0.326 e. The fourth-order valence-corrected chi connectivity index (χ4v) is 2.73. The van der Waals surface area contributed by atoms with Gasteiger partial charge in [0.15, 0.2) is 0 Å².